The van der Waals surface area contributed by atoms with Crippen LogP contribution in [0, 0.1) is 5.41 Å². The molecule has 1 fully saturated rings. The highest BCUT2D eigenvalue weighted by molar-refractivity contribution is 7.89. The highest BCUT2D eigenvalue weighted by Crippen LogP contribution is 2.45. The summed E-state index contributed by atoms with van der Waals surface area (Å²) in [5, 5.41) is 4.96. The SMILES string of the molecule is CC1(C)CN(CCS(N)(=O)=O)C1(C)C. The topological polar surface area (TPSA) is 63.4 Å². The molecule has 84 valence electrons. The van der Waals surface area contributed by atoms with Gasteiger partial charge < -0.3 is 0 Å². The number of nitrogens with two attached hydrogens (primary N) is 1. The van der Waals surface area contributed by atoms with Crippen LogP contribution in [-0.2, 0) is 10.0 Å². The van der Waals surface area contributed by atoms with Crippen molar-refractivity contribution in [2.24, 2.45) is 10.6 Å². The van der Waals surface area contributed by atoms with Crippen LogP contribution in [0.2, 0.25) is 0 Å². The quantitative estimate of drug-likeness (QED) is 0.748. The minimum Gasteiger partial charge on any atom is -0.296 e. The first-order valence-corrected chi connectivity index (χ1v) is 6.53. The minimum absolute atomic E-state index is 0.0481. The van der Waals surface area contributed by atoms with Crippen molar-refractivity contribution in [3.05, 3.63) is 0 Å². The zero-order chi connectivity index (χ0) is 11.2. The molecule has 1 saturated heterocycles. The molecular formula is C9H20N2O2S. The Labute approximate surface area is 86.5 Å². The number of nitrogens with zero attached hydrogens (tertiary/aromatic N) is 1. The van der Waals surface area contributed by atoms with Crippen LogP contribution in [0.3, 0.4) is 0 Å². The summed E-state index contributed by atoms with van der Waals surface area (Å²) in [5.74, 6) is 0.0481. The van der Waals surface area contributed by atoms with Crippen LogP contribution >= 0.6 is 0 Å². The third-order valence-electron chi connectivity index (χ3n) is 3.68. The molecule has 14 heavy (non-hydrogen) atoms. The number of hydrogen-bond donors (Lipinski definition) is 1. The van der Waals surface area contributed by atoms with E-state index in [2.05, 4.69) is 32.6 Å². The van der Waals surface area contributed by atoms with Crippen LogP contribution < -0.4 is 5.14 Å². The van der Waals surface area contributed by atoms with E-state index in [4.69, 9.17) is 5.14 Å². The van der Waals surface area contributed by atoms with Crippen LogP contribution in [0.25, 0.3) is 0 Å². The monoisotopic (exact) mass is 220 g/mol. The summed E-state index contributed by atoms with van der Waals surface area (Å²) in [7, 11) is -3.32. The van der Waals surface area contributed by atoms with Gasteiger partial charge in [-0.15, -0.1) is 0 Å². The molecule has 1 aliphatic heterocycles. The molecule has 2 N–H and O–H groups in total. The maximum atomic E-state index is 10.8. The fraction of sp³-hybridized carbons (Fsp3) is 1.00. The van der Waals surface area contributed by atoms with E-state index < -0.39 is 10.0 Å². The summed E-state index contributed by atoms with van der Waals surface area (Å²) in [5.41, 5.74) is 0.322. The first-order chi connectivity index (χ1) is 6.06. The zero-order valence-electron chi connectivity index (χ0n) is 9.37. The van der Waals surface area contributed by atoms with Gasteiger partial charge in [0.15, 0.2) is 0 Å². The molecule has 0 bridgehead atoms. The van der Waals surface area contributed by atoms with E-state index in [0.29, 0.717) is 6.54 Å². The largest absolute Gasteiger partial charge is 0.296 e. The Hall–Kier alpha value is -0.130. The highest BCUT2D eigenvalue weighted by Gasteiger charge is 2.51. The third kappa shape index (κ3) is 2.10. The maximum Gasteiger partial charge on any atom is 0.210 e. The summed E-state index contributed by atoms with van der Waals surface area (Å²) >= 11 is 0. The van der Waals surface area contributed by atoms with Gasteiger partial charge in [-0.3, -0.25) is 4.90 Å². The first kappa shape index (κ1) is 11.9. The number of sulfonamides is 1. The molecule has 0 aliphatic carbocycles. The van der Waals surface area contributed by atoms with Crippen molar-refractivity contribution in [3.63, 3.8) is 0 Å². The Morgan fingerprint density at radius 1 is 1.29 bits per heavy atom. The van der Waals surface area contributed by atoms with E-state index in [0.717, 1.165) is 6.54 Å². The summed E-state index contributed by atoms with van der Waals surface area (Å²) in [4.78, 5) is 2.16. The smallest absolute Gasteiger partial charge is 0.210 e. The van der Waals surface area contributed by atoms with Gasteiger partial charge in [0.05, 0.1) is 5.75 Å². The summed E-state index contributed by atoms with van der Waals surface area (Å²) in [6, 6.07) is 0. The number of rotatable bonds is 3. The molecular weight excluding hydrogens is 200 g/mol. The Bertz CT molecular complexity index is 320. The van der Waals surface area contributed by atoms with Gasteiger partial charge in [0.2, 0.25) is 10.0 Å². The van der Waals surface area contributed by atoms with E-state index in [9.17, 15) is 8.42 Å². The van der Waals surface area contributed by atoms with Crippen molar-refractivity contribution in [2.45, 2.75) is 33.2 Å². The molecule has 0 aromatic carbocycles. The number of likely N-dealkylation sites (tertiary alicyclic amines) is 1. The van der Waals surface area contributed by atoms with Gasteiger partial charge in [0.1, 0.15) is 0 Å². The maximum absolute atomic E-state index is 10.8. The Balaban J connectivity index is 2.53. The van der Waals surface area contributed by atoms with Crippen LogP contribution in [0.15, 0.2) is 0 Å². The molecule has 1 heterocycles. The summed E-state index contributed by atoms with van der Waals surface area (Å²) in [6.07, 6.45) is 0. The Kier molecular flexibility index (Phi) is 2.71. The molecule has 1 aliphatic rings. The molecule has 4 nitrogen and oxygen atoms in total. The second-order valence-corrected chi connectivity index (χ2v) is 6.97. The molecule has 0 aromatic rings. The first-order valence-electron chi connectivity index (χ1n) is 4.82. The fourth-order valence-corrected chi connectivity index (χ4v) is 2.28. The van der Waals surface area contributed by atoms with Crippen LogP contribution in [0.4, 0.5) is 0 Å². The lowest BCUT2D eigenvalue weighted by atomic mass is 9.65. The summed E-state index contributed by atoms with van der Waals surface area (Å²) < 4.78 is 21.6. The van der Waals surface area contributed by atoms with Crippen molar-refractivity contribution in [1.29, 1.82) is 0 Å². The molecule has 0 unspecified atom stereocenters. The standard InChI is InChI=1S/C9H20N2O2S/c1-8(2)7-11(9(8,3)4)5-6-14(10,12)13/h5-7H2,1-4H3,(H2,10,12,13). The van der Waals surface area contributed by atoms with Crippen LogP contribution in [-0.4, -0.2) is 37.7 Å². The second-order valence-electron chi connectivity index (χ2n) is 5.23. The lowest BCUT2D eigenvalue weighted by Crippen LogP contribution is -2.69. The van der Waals surface area contributed by atoms with Crippen LogP contribution in [0.5, 0.6) is 0 Å². The number of hydrogen-bond acceptors (Lipinski definition) is 3. The second kappa shape index (κ2) is 3.18. The zero-order valence-corrected chi connectivity index (χ0v) is 10.2. The van der Waals surface area contributed by atoms with E-state index in [1.54, 1.807) is 0 Å². The molecule has 1 rings (SSSR count). The third-order valence-corrected chi connectivity index (χ3v) is 4.43. The minimum atomic E-state index is -3.32. The molecule has 0 radical (unpaired) electrons. The van der Waals surface area contributed by atoms with Gasteiger partial charge in [0, 0.05) is 18.6 Å². The van der Waals surface area contributed by atoms with Crippen molar-refractivity contribution in [1.82, 2.24) is 4.90 Å². The number of primary sulfonamides is 1. The van der Waals surface area contributed by atoms with E-state index in [-0.39, 0.29) is 16.7 Å². The van der Waals surface area contributed by atoms with E-state index in [1.807, 2.05) is 0 Å². The highest BCUT2D eigenvalue weighted by atomic mass is 32.2. The average Bonchev–Trinajstić information content (AvgIpc) is 1.95. The fourth-order valence-electron chi connectivity index (χ4n) is 1.80. The predicted molar refractivity (Wildman–Crippen MR) is 57.4 cm³/mol. The van der Waals surface area contributed by atoms with Crippen molar-refractivity contribution in [3.8, 4) is 0 Å². The molecule has 0 saturated carbocycles. The average molecular weight is 220 g/mol. The van der Waals surface area contributed by atoms with Crippen molar-refractivity contribution < 1.29 is 8.42 Å². The lowest BCUT2D eigenvalue weighted by Gasteiger charge is -2.61. The van der Waals surface area contributed by atoms with Gasteiger partial charge in [-0.1, -0.05) is 13.8 Å². The van der Waals surface area contributed by atoms with E-state index >= 15 is 0 Å². The van der Waals surface area contributed by atoms with Crippen molar-refractivity contribution in [2.75, 3.05) is 18.8 Å². The molecule has 0 amide bonds. The molecule has 0 spiro atoms. The summed E-state index contributed by atoms with van der Waals surface area (Å²) in [6.45, 7) is 10.1. The molecule has 0 atom stereocenters. The molecule has 0 aromatic heterocycles. The lowest BCUT2D eigenvalue weighted by molar-refractivity contribution is -0.112. The van der Waals surface area contributed by atoms with Gasteiger partial charge >= 0.3 is 0 Å². The normalized spacial score (nSPS) is 25.8. The van der Waals surface area contributed by atoms with Gasteiger partial charge in [-0.2, -0.15) is 0 Å². The molecule has 5 heteroatoms. The van der Waals surface area contributed by atoms with Crippen molar-refractivity contribution >= 4 is 10.0 Å². The predicted octanol–water partition coefficient (Wildman–Crippen LogP) is 0.395. The van der Waals surface area contributed by atoms with Gasteiger partial charge in [-0.25, -0.2) is 13.6 Å². The van der Waals surface area contributed by atoms with E-state index in [1.165, 1.54) is 0 Å². The Morgan fingerprint density at radius 3 is 2.07 bits per heavy atom. The van der Waals surface area contributed by atoms with Gasteiger partial charge in [0.25, 0.3) is 0 Å². The van der Waals surface area contributed by atoms with Crippen LogP contribution in [0.1, 0.15) is 27.7 Å². The van der Waals surface area contributed by atoms with Gasteiger partial charge in [-0.05, 0) is 19.3 Å². The Morgan fingerprint density at radius 2 is 1.79 bits per heavy atom.